The largest absolute Gasteiger partial charge is 0.361 e. The van der Waals surface area contributed by atoms with E-state index in [0.717, 1.165) is 34.7 Å². The van der Waals surface area contributed by atoms with Gasteiger partial charge in [-0.15, -0.1) is 0 Å². The molecule has 6 atom stereocenters. The van der Waals surface area contributed by atoms with Crippen LogP contribution in [0.1, 0.15) is 51.2 Å². The van der Waals surface area contributed by atoms with Crippen LogP contribution in [0.2, 0.25) is 0 Å². The zero-order valence-corrected chi connectivity index (χ0v) is 26.4. The van der Waals surface area contributed by atoms with Crippen LogP contribution in [0.15, 0.2) is 30.5 Å². The van der Waals surface area contributed by atoms with Gasteiger partial charge in [-0.3, -0.25) is 28.9 Å². The van der Waals surface area contributed by atoms with Gasteiger partial charge in [0.15, 0.2) is 0 Å². The van der Waals surface area contributed by atoms with Crippen LogP contribution >= 0.6 is 0 Å². The Hall–Kier alpha value is -3.26. The Balaban J connectivity index is 1.25. The van der Waals surface area contributed by atoms with Crippen LogP contribution in [-0.2, 0) is 39.8 Å². The minimum Gasteiger partial charge on any atom is -0.361 e. The summed E-state index contributed by atoms with van der Waals surface area (Å²) in [6.45, 7) is 6.09. The van der Waals surface area contributed by atoms with Gasteiger partial charge >= 0.3 is 0 Å². The maximum atomic E-state index is 14.3. The fraction of sp³-hybridized carbons (Fsp3) is 0.581. The first-order chi connectivity index (χ1) is 20.7. The van der Waals surface area contributed by atoms with Gasteiger partial charge in [0.05, 0.1) is 12.2 Å². The summed E-state index contributed by atoms with van der Waals surface area (Å²) < 4.78 is 37.5. The van der Waals surface area contributed by atoms with Crippen molar-refractivity contribution in [2.45, 2.75) is 76.2 Å². The summed E-state index contributed by atoms with van der Waals surface area (Å²) in [5.74, 6) is -4.10. The molecule has 0 unspecified atom stereocenters. The third kappa shape index (κ3) is 4.34. The summed E-state index contributed by atoms with van der Waals surface area (Å²) in [5, 5.41) is 3.99. The highest BCUT2D eigenvalue weighted by Crippen LogP contribution is 2.49. The van der Waals surface area contributed by atoms with Crippen molar-refractivity contribution in [3.05, 3.63) is 41.6 Å². The van der Waals surface area contributed by atoms with Crippen LogP contribution in [0.25, 0.3) is 16.5 Å². The Morgan fingerprint density at radius 3 is 2.77 bits per heavy atom. The molecule has 0 spiro atoms. The third-order valence-electron chi connectivity index (χ3n) is 9.80. The van der Waals surface area contributed by atoms with Crippen molar-refractivity contribution in [3.63, 3.8) is 0 Å². The average molecular weight is 626 g/mol. The van der Waals surface area contributed by atoms with E-state index in [2.05, 4.69) is 21.3 Å². The number of nitrogens with zero attached hydrogens (tertiary/aromatic N) is 3. The van der Waals surface area contributed by atoms with Crippen LogP contribution in [0, 0.1) is 11.8 Å². The predicted octanol–water partition coefficient (Wildman–Crippen LogP) is 1.78. The molecule has 44 heavy (non-hydrogen) atoms. The molecule has 1 aromatic heterocycles. The van der Waals surface area contributed by atoms with E-state index >= 15 is 0 Å². The number of aromatic amines is 1. The number of rotatable bonds is 6. The van der Waals surface area contributed by atoms with Gasteiger partial charge in [-0.2, -0.15) is 8.42 Å². The van der Waals surface area contributed by atoms with Crippen LogP contribution in [0.4, 0.5) is 0 Å². The number of aromatic nitrogens is 1. The van der Waals surface area contributed by atoms with Crippen molar-refractivity contribution in [1.29, 1.82) is 0 Å². The van der Waals surface area contributed by atoms with Crippen molar-refractivity contribution < 1.29 is 31.7 Å². The zero-order valence-electron chi connectivity index (χ0n) is 25.6. The Bertz CT molecular complexity index is 1720. The standard InChI is InChI=1S/C31H39N5O7S/c1-17(2)12-24-28(38)35-11-7-10-25(35)31(43-44(5,40)41)36(24)29(39)30(3,42-31)33-27(37)19-13-21-20-8-6-9-22-26(20)18(15-32-22)14-23(21)34(4)16-19/h6,8-9,13,15,17,19,23-25,32H,7,10-12,14,16H2,1-5H3,(H,33,37)/t19-,23-,24+,25+,30-,31-/m1/s1. The molecule has 5 heterocycles. The van der Waals surface area contributed by atoms with Crippen LogP contribution in [0.3, 0.4) is 0 Å². The first-order valence-electron chi connectivity index (χ1n) is 15.3. The van der Waals surface area contributed by atoms with E-state index in [1.54, 1.807) is 4.90 Å². The Kier molecular flexibility index (Phi) is 6.61. The second kappa shape index (κ2) is 9.87. The number of ether oxygens (including phenoxy) is 1. The third-order valence-corrected chi connectivity index (χ3v) is 10.3. The lowest BCUT2D eigenvalue weighted by atomic mass is 9.79. The van der Waals surface area contributed by atoms with Gasteiger partial charge in [-0.25, -0.2) is 4.18 Å². The number of piperazine rings is 1. The molecule has 7 rings (SSSR count). The van der Waals surface area contributed by atoms with Crippen LogP contribution < -0.4 is 5.32 Å². The van der Waals surface area contributed by atoms with Gasteiger partial charge in [0.2, 0.25) is 17.5 Å². The lowest BCUT2D eigenvalue weighted by Gasteiger charge is -2.50. The summed E-state index contributed by atoms with van der Waals surface area (Å²) in [7, 11) is -2.18. The molecule has 3 amide bonds. The van der Waals surface area contributed by atoms with E-state index in [0.29, 0.717) is 25.9 Å². The molecule has 2 N–H and O–H groups in total. The summed E-state index contributed by atoms with van der Waals surface area (Å²) in [4.78, 5) is 50.3. The normalized spacial score (nSPS) is 33.5. The quantitative estimate of drug-likeness (QED) is 0.463. The molecule has 5 aliphatic rings. The number of carbonyl (C=O) groups is 3. The number of carbonyl (C=O) groups excluding carboxylic acids is 3. The van der Waals surface area contributed by atoms with Gasteiger partial charge in [0.25, 0.3) is 21.9 Å². The van der Waals surface area contributed by atoms with Crippen molar-refractivity contribution in [2.75, 3.05) is 26.4 Å². The average Bonchev–Trinajstić information content (AvgIpc) is 3.64. The van der Waals surface area contributed by atoms with E-state index < -0.39 is 51.6 Å². The minimum atomic E-state index is -4.17. The van der Waals surface area contributed by atoms with Gasteiger partial charge in [-0.05, 0) is 68.3 Å². The van der Waals surface area contributed by atoms with Crippen molar-refractivity contribution >= 4 is 44.3 Å². The molecule has 3 fully saturated rings. The zero-order chi connectivity index (χ0) is 31.3. The highest BCUT2D eigenvalue weighted by Gasteiger charge is 2.72. The fourth-order valence-corrected chi connectivity index (χ4v) is 8.72. The Morgan fingerprint density at radius 1 is 1.27 bits per heavy atom. The molecule has 3 saturated heterocycles. The number of nitrogens with one attached hydrogen (secondary N) is 2. The van der Waals surface area contributed by atoms with Crippen LogP contribution in [0.5, 0.6) is 0 Å². The van der Waals surface area contributed by atoms with Gasteiger partial charge < -0.3 is 15.2 Å². The molecule has 1 aromatic carbocycles. The van der Waals surface area contributed by atoms with Crippen molar-refractivity contribution in [1.82, 2.24) is 25.0 Å². The molecule has 236 valence electrons. The Labute approximate surface area is 256 Å². The Morgan fingerprint density at radius 2 is 2.05 bits per heavy atom. The van der Waals surface area contributed by atoms with Crippen molar-refractivity contribution in [3.8, 4) is 0 Å². The summed E-state index contributed by atoms with van der Waals surface area (Å²) in [5.41, 5.74) is 2.45. The first-order valence-corrected chi connectivity index (χ1v) is 17.1. The molecule has 0 bridgehead atoms. The molecule has 13 heteroatoms. The number of hydrogen-bond donors (Lipinski definition) is 2. The van der Waals surface area contributed by atoms with E-state index in [4.69, 9.17) is 8.92 Å². The van der Waals surface area contributed by atoms with Gasteiger partial charge in [-0.1, -0.05) is 32.1 Å². The molecule has 1 aliphatic carbocycles. The van der Waals surface area contributed by atoms with E-state index in [9.17, 15) is 22.8 Å². The first kappa shape index (κ1) is 29.5. The molecular formula is C31H39N5O7S. The summed E-state index contributed by atoms with van der Waals surface area (Å²) in [6, 6.07) is 4.37. The molecule has 2 aromatic rings. The van der Waals surface area contributed by atoms with Crippen LogP contribution in [-0.4, -0.2) is 102 Å². The van der Waals surface area contributed by atoms with Gasteiger partial charge in [0, 0.05) is 36.2 Å². The van der Waals surface area contributed by atoms with Gasteiger partial charge in [0.1, 0.15) is 12.1 Å². The second-order valence-electron chi connectivity index (χ2n) is 13.5. The molecular weight excluding hydrogens is 586 g/mol. The molecule has 0 saturated carbocycles. The summed E-state index contributed by atoms with van der Waals surface area (Å²) in [6.07, 6.45) is 7.02. The topological polar surface area (TPSA) is 141 Å². The molecule has 4 aliphatic heterocycles. The highest BCUT2D eigenvalue weighted by molar-refractivity contribution is 7.86. The minimum absolute atomic E-state index is 0.00567. The predicted molar refractivity (Wildman–Crippen MR) is 161 cm³/mol. The SMILES string of the molecule is CC(C)C[C@H]1C(=O)N2CCC[C@H]2[C@]2(OS(C)(=O)=O)O[C@@](C)(NC(=O)[C@@H]3C=C4c5cccc6[nH]cc(c56)C[C@H]4N(C)C3)C(=O)N12. The monoisotopic (exact) mass is 625 g/mol. The highest BCUT2D eigenvalue weighted by atomic mass is 32.2. The summed E-state index contributed by atoms with van der Waals surface area (Å²) >= 11 is 0. The number of hydrogen-bond acceptors (Lipinski definition) is 8. The maximum Gasteiger partial charge on any atom is 0.294 e. The van der Waals surface area contributed by atoms with E-state index in [1.165, 1.54) is 17.4 Å². The molecule has 12 nitrogen and oxygen atoms in total. The van der Waals surface area contributed by atoms with E-state index in [-0.39, 0.29) is 24.3 Å². The lowest BCUT2D eigenvalue weighted by Crippen LogP contribution is -2.72. The fourth-order valence-electron chi connectivity index (χ4n) is 8.06. The van der Waals surface area contributed by atoms with E-state index in [1.807, 2.05) is 45.3 Å². The number of likely N-dealkylation sites (N-methyl/N-ethyl adjacent to an activating group) is 1. The lowest BCUT2D eigenvalue weighted by molar-refractivity contribution is -0.298. The number of amides is 3. The number of fused-ring (bicyclic) bond motifs is 5. The maximum absolute atomic E-state index is 14.3. The molecule has 0 radical (unpaired) electrons. The number of benzene rings is 1. The van der Waals surface area contributed by atoms with Crippen molar-refractivity contribution in [2.24, 2.45) is 11.8 Å². The second-order valence-corrected chi connectivity index (χ2v) is 15.1. The number of H-pyrrole nitrogens is 1. The smallest absolute Gasteiger partial charge is 0.294 e.